The fourth-order valence-corrected chi connectivity index (χ4v) is 4.07. The van der Waals surface area contributed by atoms with Crippen LogP contribution in [0.3, 0.4) is 0 Å². The third-order valence-electron chi connectivity index (χ3n) is 4.74. The van der Waals surface area contributed by atoms with Gasteiger partial charge in [-0.05, 0) is 18.4 Å². The van der Waals surface area contributed by atoms with Crippen molar-refractivity contribution in [2.24, 2.45) is 0 Å². The van der Waals surface area contributed by atoms with Crippen molar-refractivity contribution in [1.82, 2.24) is 9.97 Å². The Balaban J connectivity index is 2.29. The number of hydrogen-bond donors (Lipinski definition) is 0. The molecule has 132 valence electrons. The predicted molar refractivity (Wildman–Crippen MR) is 92.2 cm³/mol. The van der Waals surface area contributed by atoms with E-state index in [1.807, 2.05) is 30.3 Å². The zero-order valence-corrected chi connectivity index (χ0v) is 15.0. The van der Waals surface area contributed by atoms with E-state index in [0.717, 1.165) is 37.5 Å². The lowest BCUT2D eigenvalue weighted by atomic mass is 9.74. The second-order valence-electron chi connectivity index (χ2n) is 6.33. The first kappa shape index (κ1) is 17.5. The second-order valence-corrected chi connectivity index (χ2v) is 8.24. The Morgan fingerprint density at radius 3 is 2.36 bits per heavy atom. The van der Waals surface area contributed by atoms with Crippen molar-refractivity contribution >= 4 is 15.8 Å². The van der Waals surface area contributed by atoms with Crippen LogP contribution in [0.1, 0.15) is 47.3 Å². The number of ether oxygens (including phenoxy) is 1. The van der Waals surface area contributed by atoms with Crippen LogP contribution in [0.15, 0.2) is 41.7 Å². The highest BCUT2D eigenvalue weighted by molar-refractivity contribution is 7.90. The summed E-state index contributed by atoms with van der Waals surface area (Å²) < 4.78 is 28.8. The number of esters is 1. The molecule has 0 radical (unpaired) electrons. The van der Waals surface area contributed by atoms with Crippen molar-refractivity contribution in [3.8, 4) is 0 Å². The van der Waals surface area contributed by atoms with Gasteiger partial charge in [0, 0.05) is 17.9 Å². The van der Waals surface area contributed by atoms with Crippen LogP contribution in [-0.2, 0) is 20.0 Å². The molecule has 3 rings (SSSR count). The van der Waals surface area contributed by atoms with Crippen molar-refractivity contribution in [3.05, 3.63) is 53.3 Å². The Hall–Kier alpha value is -2.28. The summed E-state index contributed by atoms with van der Waals surface area (Å²) in [5, 5.41) is -0.266. The van der Waals surface area contributed by atoms with E-state index in [1.165, 1.54) is 13.3 Å². The number of hydrogen-bond acceptors (Lipinski definition) is 6. The minimum Gasteiger partial charge on any atom is -0.465 e. The third-order valence-corrected chi connectivity index (χ3v) is 5.60. The quantitative estimate of drug-likeness (QED) is 0.615. The fraction of sp³-hybridized carbons (Fsp3) is 0.389. The van der Waals surface area contributed by atoms with Gasteiger partial charge < -0.3 is 4.74 Å². The van der Waals surface area contributed by atoms with Crippen LogP contribution in [0.2, 0.25) is 0 Å². The van der Waals surface area contributed by atoms with Crippen molar-refractivity contribution < 1.29 is 17.9 Å². The summed E-state index contributed by atoms with van der Waals surface area (Å²) in [4.78, 5) is 20.5. The monoisotopic (exact) mass is 360 g/mol. The van der Waals surface area contributed by atoms with E-state index in [-0.39, 0.29) is 10.7 Å². The zero-order chi connectivity index (χ0) is 18.1. The molecule has 0 amide bonds. The molecule has 0 atom stereocenters. The molecule has 0 bridgehead atoms. The van der Waals surface area contributed by atoms with E-state index in [2.05, 4.69) is 9.97 Å². The van der Waals surface area contributed by atoms with E-state index < -0.39 is 21.2 Å². The van der Waals surface area contributed by atoms with Crippen LogP contribution in [0, 0.1) is 0 Å². The summed E-state index contributed by atoms with van der Waals surface area (Å²) in [6.45, 7) is 0. The standard InChI is InChI=1S/C18H20N2O4S/c1-24-16(21)14-12-19-17(25(2,22)23)20-15(14)18(10-6-7-11-18)13-8-4-3-5-9-13/h3-5,8-9,12H,6-7,10-11H2,1-2H3. The van der Waals surface area contributed by atoms with E-state index >= 15 is 0 Å². The number of carbonyl (C=O) groups excluding carboxylic acids is 1. The molecule has 25 heavy (non-hydrogen) atoms. The fourth-order valence-electron chi connectivity index (χ4n) is 3.57. The Labute approximate surface area is 147 Å². The first-order chi connectivity index (χ1) is 11.9. The molecule has 7 heteroatoms. The molecule has 0 N–H and O–H groups in total. The van der Waals surface area contributed by atoms with Crippen molar-refractivity contribution in [1.29, 1.82) is 0 Å². The lowest BCUT2D eigenvalue weighted by molar-refractivity contribution is 0.0596. The molecule has 1 aromatic heterocycles. The summed E-state index contributed by atoms with van der Waals surface area (Å²) >= 11 is 0. The highest BCUT2D eigenvalue weighted by Crippen LogP contribution is 2.46. The predicted octanol–water partition coefficient (Wildman–Crippen LogP) is 2.53. The first-order valence-electron chi connectivity index (χ1n) is 8.10. The van der Waals surface area contributed by atoms with Gasteiger partial charge in [-0.15, -0.1) is 0 Å². The minimum absolute atomic E-state index is 0.223. The van der Waals surface area contributed by atoms with Gasteiger partial charge in [-0.2, -0.15) is 0 Å². The lowest BCUT2D eigenvalue weighted by Gasteiger charge is -2.30. The SMILES string of the molecule is COC(=O)c1cnc(S(C)(=O)=O)nc1C1(c2ccccc2)CCCC1. The topological polar surface area (TPSA) is 86.2 Å². The number of sulfone groups is 1. The zero-order valence-electron chi connectivity index (χ0n) is 14.2. The molecule has 1 saturated carbocycles. The van der Waals surface area contributed by atoms with Crippen molar-refractivity contribution in [2.75, 3.05) is 13.4 Å². The maximum atomic E-state index is 12.3. The normalized spacial score (nSPS) is 16.6. The molecule has 0 saturated heterocycles. The van der Waals surface area contributed by atoms with Gasteiger partial charge in [-0.25, -0.2) is 23.2 Å². The second kappa shape index (κ2) is 6.55. The summed E-state index contributed by atoms with van der Waals surface area (Å²) in [7, 11) is -2.30. The van der Waals surface area contributed by atoms with E-state index in [0.29, 0.717) is 5.69 Å². The molecule has 6 nitrogen and oxygen atoms in total. The number of carbonyl (C=O) groups is 1. The van der Waals surface area contributed by atoms with Crippen LogP contribution >= 0.6 is 0 Å². The molecule has 1 aromatic carbocycles. The summed E-state index contributed by atoms with van der Waals surface area (Å²) in [6.07, 6.45) is 5.88. The summed E-state index contributed by atoms with van der Waals surface area (Å²) in [5.41, 5.74) is 1.18. The lowest BCUT2D eigenvalue weighted by Crippen LogP contribution is -2.29. The van der Waals surface area contributed by atoms with E-state index in [9.17, 15) is 13.2 Å². The number of aromatic nitrogens is 2. The average Bonchev–Trinajstić information content (AvgIpc) is 3.11. The van der Waals surface area contributed by atoms with Gasteiger partial charge in [0.1, 0.15) is 5.56 Å². The molecule has 2 aromatic rings. The van der Waals surface area contributed by atoms with Gasteiger partial charge in [0.15, 0.2) is 0 Å². The molecule has 0 spiro atoms. The van der Waals surface area contributed by atoms with Gasteiger partial charge in [0.25, 0.3) is 0 Å². The van der Waals surface area contributed by atoms with Crippen LogP contribution in [-0.4, -0.2) is 37.7 Å². The van der Waals surface area contributed by atoms with Gasteiger partial charge in [0.2, 0.25) is 15.0 Å². The largest absolute Gasteiger partial charge is 0.465 e. The van der Waals surface area contributed by atoms with Gasteiger partial charge in [0.05, 0.1) is 12.8 Å². The van der Waals surface area contributed by atoms with Gasteiger partial charge in [-0.3, -0.25) is 0 Å². The van der Waals surface area contributed by atoms with Gasteiger partial charge >= 0.3 is 5.97 Å². The summed E-state index contributed by atoms with van der Waals surface area (Å²) in [5.74, 6) is -0.558. The average molecular weight is 360 g/mol. The molecule has 1 heterocycles. The van der Waals surface area contributed by atoms with Crippen LogP contribution < -0.4 is 0 Å². The number of rotatable bonds is 4. The van der Waals surface area contributed by atoms with E-state index in [1.54, 1.807) is 0 Å². The summed E-state index contributed by atoms with van der Waals surface area (Å²) in [6, 6.07) is 9.79. The smallest absolute Gasteiger partial charge is 0.341 e. The van der Waals surface area contributed by atoms with Crippen LogP contribution in [0.25, 0.3) is 0 Å². The Bertz CT molecular complexity index is 889. The highest BCUT2D eigenvalue weighted by Gasteiger charge is 2.42. The number of methoxy groups -OCH3 is 1. The van der Waals surface area contributed by atoms with Crippen LogP contribution in [0.4, 0.5) is 0 Å². The van der Waals surface area contributed by atoms with Crippen molar-refractivity contribution in [2.45, 2.75) is 36.3 Å². The molecule has 1 aliphatic rings. The van der Waals surface area contributed by atoms with E-state index in [4.69, 9.17) is 4.74 Å². The Morgan fingerprint density at radius 1 is 1.16 bits per heavy atom. The molecule has 0 aliphatic heterocycles. The number of nitrogens with zero attached hydrogens (tertiary/aromatic N) is 2. The molecule has 1 fully saturated rings. The van der Waals surface area contributed by atoms with Gasteiger partial charge in [-0.1, -0.05) is 43.2 Å². The molecule has 1 aliphatic carbocycles. The molecule has 0 unspecified atom stereocenters. The highest BCUT2D eigenvalue weighted by atomic mass is 32.2. The number of benzene rings is 1. The van der Waals surface area contributed by atoms with Crippen LogP contribution in [0.5, 0.6) is 0 Å². The minimum atomic E-state index is -3.59. The Kier molecular flexibility index (Phi) is 4.60. The maximum Gasteiger partial charge on any atom is 0.341 e. The molecular weight excluding hydrogens is 340 g/mol. The van der Waals surface area contributed by atoms with Crippen molar-refractivity contribution in [3.63, 3.8) is 0 Å². The molecular formula is C18H20N2O4S. The maximum absolute atomic E-state index is 12.3. The third kappa shape index (κ3) is 3.16. The first-order valence-corrected chi connectivity index (χ1v) is 9.99. The Morgan fingerprint density at radius 2 is 1.80 bits per heavy atom.